The highest BCUT2D eigenvalue weighted by Crippen LogP contribution is 2.51. The van der Waals surface area contributed by atoms with Gasteiger partial charge in [-0.2, -0.15) is 0 Å². The van der Waals surface area contributed by atoms with Gasteiger partial charge in [0.15, 0.2) is 11.5 Å². The van der Waals surface area contributed by atoms with Crippen molar-refractivity contribution in [2.75, 3.05) is 47.1 Å². The highest BCUT2D eigenvalue weighted by Gasteiger charge is 2.52. The minimum absolute atomic E-state index is 0.0321. The van der Waals surface area contributed by atoms with E-state index in [1.165, 1.54) is 7.11 Å². The third kappa shape index (κ3) is 5.69. The van der Waals surface area contributed by atoms with Gasteiger partial charge >= 0.3 is 0 Å². The Morgan fingerprint density at radius 2 is 1.90 bits per heavy atom. The van der Waals surface area contributed by atoms with Gasteiger partial charge in [0.25, 0.3) is 0 Å². The summed E-state index contributed by atoms with van der Waals surface area (Å²) in [6.45, 7) is 0.545. The van der Waals surface area contributed by atoms with E-state index in [2.05, 4.69) is 5.32 Å². The molecule has 0 saturated carbocycles. The molecule has 1 aliphatic carbocycles. The maximum absolute atomic E-state index is 14.0. The summed E-state index contributed by atoms with van der Waals surface area (Å²) in [4.78, 5) is 29.1. The average Bonchev–Trinajstić information content (AvgIpc) is 3.69. The topological polar surface area (TPSA) is 147 Å². The second-order valence-electron chi connectivity index (χ2n) is 10.7. The summed E-state index contributed by atoms with van der Waals surface area (Å²) in [6.07, 6.45) is 0.563. The van der Waals surface area contributed by atoms with Crippen LogP contribution < -0.4 is 19.5 Å². The van der Waals surface area contributed by atoms with Crippen LogP contribution in [0.25, 0.3) is 0 Å². The lowest BCUT2D eigenvalue weighted by molar-refractivity contribution is -0.141. The van der Waals surface area contributed by atoms with Crippen LogP contribution in [0.4, 0.5) is 0 Å². The zero-order valence-corrected chi connectivity index (χ0v) is 23.8. The first kappa shape index (κ1) is 29.8. The zero-order chi connectivity index (χ0) is 29.8. The summed E-state index contributed by atoms with van der Waals surface area (Å²) < 4.78 is 22.9. The van der Waals surface area contributed by atoms with Gasteiger partial charge in [0, 0.05) is 30.8 Å². The number of nitrogens with one attached hydrogen (secondary N) is 1. The van der Waals surface area contributed by atoms with Crippen LogP contribution in [0.1, 0.15) is 29.0 Å². The summed E-state index contributed by atoms with van der Waals surface area (Å²) in [7, 11) is 3.07. The van der Waals surface area contributed by atoms with E-state index in [9.17, 15) is 24.9 Å². The Morgan fingerprint density at radius 1 is 1.12 bits per heavy atom. The van der Waals surface area contributed by atoms with Gasteiger partial charge in [0.2, 0.25) is 11.8 Å². The Bertz CT molecular complexity index is 1320. The molecule has 2 aliphatic heterocycles. The number of methoxy groups -OCH3 is 2. The second-order valence-corrected chi connectivity index (χ2v) is 10.7. The van der Waals surface area contributed by atoms with E-state index in [1.807, 2.05) is 24.3 Å². The maximum atomic E-state index is 14.0. The van der Waals surface area contributed by atoms with E-state index in [0.717, 1.165) is 5.56 Å². The molecule has 11 heteroatoms. The maximum Gasteiger partial charge on any atom is 0.247 e. The van der Waals surface area contributed by atoms with Crippen LogP contribution in [0.2, 0.25) is 0 Å². The SMILES string of the molecule is COc1ccccc1CCN(C(=O)C1CCOC1)[C@@H]1C=C(C(=O)NCCO)[C@@H]2c3cc(CO)cc(OC)c3O[C@@H]2[C@H]1O. The van der Waals surface area contributed by atoms with Crippen molar-refractivity contribution in [2.24, 2.45) is 5.92 Å². The molecule has 1 unspecified atom stereocenters. The Morgan fingerprint density at radius 3 is 2.60 bits per heavy atom. The molecule has 0 spiro atoms. The van der Waals surface area contributed by atoms with Gasteiger partial charge in [-0.25, -0.2) is 0 Å². The molecule has 0 bridgehead atoms. The van der Waals surface area contributed by atoms with Crippen LogP contribution in [0.5, 0.6) is 17.2 Å². The van der Waals surface area contributed by atoms with Crippen molar-refractivity contribution in [1.82, 2.24) is 10.2 Å². The lowest BCUT2D eigenvalue weighted by Crippen LogP contribution is -2.57. The third-order valence-corrected chi connectivity index (χ3v) is 8.23. The van der Waals surface area contributed by atoms with Crippen molar-refractivity contribution >= 4 is 11.8 Å². The normalized spacial score (nSPS) is 24.2. The summed E-state index contributed by atoms with van der Waals surface area (Å²) in [5.41, 5.74) is 2.37. The molecule has 0 radical (unpaired) electrons. The number of carbonyl (C=O) groups excluding carboxylic acids is 2. The monoisotopic (exact) mass is 582 g/mol. The Balaban J connectivity index is 1.56. The van der Waals surface area contributed by atoms with Gasteiger partial charge in [-0.3, -0.25) is 9.59 Å². The summed E-state index contributed by atoms with van der Waals surface area (Å²) in [6, 6.07) is 10.1. The standard InChI is InChI=1S/C31H38N2O9/c1-39-24-6-4-3-5-19(24)7-10-33(31(38)20-8-12-41-17-20)23-15-22(30(37)32-9-11-34)26-21-13-18(16-35)14-25(40-2)28(21)42-29(26)27(23)36/h3-6,13-15,20,23,26-27,29,34-36H,7-12,16-17H2,1-2H3,(H,32,37)/t20?,23-,26+,27+,29+/m1/s1. The molecule has 5 atom stereocenters. The van der Waals surface area contributed by atoms with Crippen molar-refractivity contribution in [3.63, 3.8) is 0 Å². The molecule has 226 valence electrons. The minimum Gasteiger partial charge on any atom is -0.496 e. The lowest BCUT2D eigenvalue weighted by atomic mass is 9.77. The number of nitrogens with zero attached hydrogens (tertiary/aromatic N) is 1. The molecule has 2 aromatic carbocycles. The summed E-state index contributed by atoms with van der Waals surface area (Å²) >= 11 is 0. The Labute approximate surface area is 244 Å². The van der Waals surface area contributed by atoms with Crippen molar-refractivity contribution in [1.29, 1.82) is 0 Å². The number of fused-ring (bicyclic) bond motifs is 3. The number of hydrogen-bond donors (Lipinski definition) is 4. The fourth-order valence-electron chi connectivity index (χ4n) is 6.14. The van der Waals surface area contributed by atoms with Gasteiger partial charge in [0.1, 0.15) is 18.0 Å². The van der Waals surface area contributed by atoms with Crippen LogP contribution in [-0.2, 0) is 27.4 Å². The van der Waals surface area contributed by atoms with Crippen molar-refractivity contribution in [3.05, 3.63) is 64.7 Å². The van der Waals surface area contributed by atoms with Gasteiger partial charge in [0.05, 0.1) is 51.9 Å². The molecule has 5 rings (SSSR count). The first-order valence-corrected chi connectivity index (χ1v) is 14.2. The molecule has 2 amide bonds. The van der Waals surface area contributed by atoms with Gasteiger partial charge < -0.3 is 44.5 Å². The molecular formula is C31H38N2O9. The van der Waals surface area contributed by atoms with E-state index in [4.69, 9.17) is 18.9 Å². The summed E-state index contributed by atoms with van der Waals surface area (Å²) in [5, 5.41) is 33.8. The molecule has 3 aliphatic rings. The first-order chi connectivity index (χ1) is 20.4. The van der Waals surface area contributed by atoms with Crippen LogP contribution in [0, 0.1) is 5.92 Å². The molecule has 11 nitrogen and oxygen atoms in total. The van der Waals surface area contributed by atoms with Crippen molar-refractivity contribution in [3.8, 4) is 17.2 Å². The number of carbonyl (C=O) groups is 2. The number of benzene rings is 2. The molecule has 1 saturated heterocycles. The highest BCUT2D eigenvalue weighted by molar-refractivity contribution is 5.96. The van der Waals surface area contributed by atoms with Gasteiger partial charge in [-0.1, -0.05) is 18.2 Å². The fraction of sp³-hybridized carbons (Fsp3) is 0.484. The minimum atomic E-state index is -1.19. The van der Waals surface area contributed by atoms with E-state index >= 15 is 0 Å². The molecule has 2 aromatic rings. The Hall–Kier alpha value is -3.64. The number of amides is 2. The molecule has 42 heavy (non-hydrogen) atoms. The zero-order valence-electron chi connectivity index (χ0n) is 23.8. The van der Waals surface area contributed by atoms with E-state index in [-0.39, 0.29) is 44.7 Å². The number of para-hydroxylation sites is 1. The molecule has 2 heterocycles. The average molecular weight is 583 g/mol. The van der Waals surface area contributed by atoms with E-state index in [0.29, 0.717) is 53.4 Å². The van der Waals surface area contributed by atoms with Crippen LogP contribution in [0.15, 0.2) is 48.0 Å². The lowest BCUT2D eigenvalue weighted by Gasteiger charge is -2.41. The highest BCUT2D eigenvalue weighted by atomic mass is 16.5. The van der Waals surface area contributed by atoms with Crippen LogP contribution >= 0.6 is 0 Å². The Kier molecular flexibility index (Phi) is 9.32. The van der Waals surface area contributed by atoms with E-state index < -0.39 is 30.1 Å². The van der Waals surface area contributed by atoms with Gasteiger partial charge in [-0.05, 0) is 48.2 Å². The number of ether oxygens (including phenoxy) is 4. The number of rotatable bonds is 11. The number of aliphatic hydroxyl groups is 3. The van der Waals surface area contributed by atoms with Crippen molar-refractivity contribution in [2.45, 2.75) is 43.6 Å². The van der Waals surface area contributed by atoms with Crippen molar-refractivity contribution < 1.29 is 43.9 Å². The van der Waals surface area contributed by atoms with Gasteiger partial charge in [-0.15, -0.1) is 0 Å². The summed E-state index contributed by atoms with van der Waals surface area (Å²) in [5.74, 6) is -0.236. The second kappa shape index (κ2) is 13.1. The molecule has 0 aromatic heterocycles. The van der Waals surface area contributed by atoms with E-state index in [1.54, 1.807) is 30.2 Å². The predicted octanol–water partition coefficient (Wildman–Crippen LogP) is 0.927. The number of hydrogen-bond acceptors (Lipinski definition) is 9. The smallest absolute Gasteiger partial charge is 0.247 e. The fourth-order valence-corrected chi connectivity index (χ4v) is 6.14. The van der Waals surface area contributed by atoms with Crippen LogP contribution in [-0.4, -0.2) is 97.4 Å². The number of aliphatic hydroxyl groups excluding tert-OH is 3. The van der Waals surface area contributed by atoms with Crippen LogP contribution in [0.3, 0.4) is 0 Å². The quantitative estimate of drug-likeness (QED) is 0.304. The molecule has 1 fully saturated rings. The third-order valence-electron chi connectivity index (χ3n) is 8.23. The molecule has 4 N–H and O–H groups in total. The first-order valence-electron chi connectivity index (χ1n) is 14.2. The largest absolute Gasteiger partial charge is 0.496 e. The molecular weight excluding hydrogens is 544 g/mol. The predicted molar refractivity (Wildman–Crippen MR) is 151 cm³/mol.